The summed E-state index contributed by atoms with van der Waals surface area (Å²) in [7, 11) is 0. The second-order valence-electron chi connectivity index (χ2n) is 4.97. The molecule has 1 aromatic rings. The monoisotopic (exact) mass is 278 g/mol. The van der Waals surface area contributed by atoms with Crippen LogP contribution < -0.4 is 10.6 Å². The molecule has 5 nitrogen and oxygen atoms in total. The molecular formula is C15H22N2O3. The molecular weight excluding hydrogens is 256 g/mol. The Morgan fingerprint density at radius 2 is 2.05 bits per heavy atom. The number of ether oxygens (including phenoxy) is 1. The molecule has 3 N–H and O–H groups in total. The number of benzene rings is 1. The quantitative estimate of drug-likeness (QED) is 0.713. The molecule has 5 heteroatoms. The Hall–Kier alpha value is -1.43. The fourth-order valence-corrected chi connectivity index (χ4v) is 2.31. The lowest BCUT2D eigenvalue weighted by Gasteiger charge is -2.23. The maximum Gasteiger partial charge on any atom is 0.246 e. The van der Waals surface area contributed by atoms with Crippen molar-refractivity contribution < 1.29 is 14.6 Å². The van der Waals surface area contributed by atoms with Crippen LogP contribution in [-0.2, 0) is 9.53 Å². The molecule has 1 saturated heterocycles. The lowest BCUT2D eigenvalue weighted by atomic mass is 10.1. The van der Waals surface area contributed by atoms with E-state index in [1.165, 1.54) is 0 Å². The molecule has 0 aromatic heterocycles. The first-order valence-electron chi connectivity index (χ1n) is 7.07. The minimum atomic E-state index is -0.375. The summed E-state index contributed by atoms with van der Waals surface area (Å²) in [6, 6.07) is 9.06. The van der Waals surface area contributed by atoms with E-state index in [1.807, 2.05) is 30.3 Å². The molecule has 1 unspecified atom stereocenters. The van der Waals surface area contributed by atoms with E-state index in [0.717, 1.165) is 31.5 Å². The van der Waals surface area contributed by atoms with Crippen molar-refractivity contribution in [3.8, 4) is 0 Å². The predicted octanol–water partition coefficient (Wildman–Crippen LogP) is 0.605. The van der Waals surface area contributed by atoms with Crippen LogP contribution in [0.3, 0.4) is 0 Å². The molecule has 1 atom stereocenters. The fraction of sp³-hybridized carbons (Fsp3) is 0.533. The second-order valence-corrected chi connectivity index (χ2v) is 4.97. The number of nitrogens with one attached hydrogen (secondary N) is 2. The highest BCUT2D eigenvalue weighted by molar-refractivity contribution is 5.77. The van der Waals surface area contributed by atoms with Crippen LogP contribution in [0.5, 0.6) is 0 Å². The predicted molar refractivity (Wildman–Crippen MR) is 76.3 cm³/mol. The molecule has 1 aliphatic heterocycles. The number of carbonyl (C=O) groups is 1. The van der Waals surface area contributed by atoms with E-state index >= 15 is 0 Å². The van der Waals surface area contributed by atoms with Crippen LogP contribution in [-0.4, -0.2) is 43.4 Å². The number of rotatable bonds is 6. The maximum atomic E-state index is 11.9. The average molecular weight is 278 g/mol. The van der Waals surface area contributed by atoms with E-state index in [9.17, 15) is 9.90 Å². The van der Waals surface area contributed by atoms with E-state index in [2.05, 4.69) is 10.6 Å². The molecule has 1 aromatic carbocycles. The highest BCUT2D eigenvalue weighted by Gasteiger charge is 2.17. The van der Waals surface area contributed by atoms with Gasteiger partial charge in [0.25, 0.3) is 0 Å². The van der Waals surface area contributed by atoms with Crippen LogP contribution in [0.1, 0.15) is 24.4 Å². The standard InChI is InChI=1S/C15H22N2O3/c18-10-14(12-4-2-1-3-5-12)17-15(19)11-20-13-6-8-16-9-7-13/h1-5,13-14,16,18H,6-11H2,(H,17,19). The van der Waals surface area contributed by atoms with Gasteiger partial charge in [0.2, 0.25) is 5.91 Å². The van der Waals surface area contributed by atoms with Gasteiger partial charge in [0.15, 0.2) is 0 Å². The van der Waals surface area contributed by atoms with Crippen LogP contribution in [0.25, 0.3) is 0 Å². The number of aliphatic hydroxyl groups excluding tert-OH is 1. The molecule has 1 heterocycles. The number of carbonyl (C=O) groups excluding carboxylic acids is 1. The van der Waals surface area contributed by atoms with Gasteiger partial charge in [-0.25, -0.2) is 0 Å². The largest absolute Gasteiger partial charge is 0.394 e. The normalized spacial score (nSPS) is 17.6. The topological polar surface area (TPSA) is 70.6 Å². The first kappa shape index (κ1) is 15.0. The summed E-state index contributed by atoms with van der Waals surface area (Å²) >= 11 is 0. The van der Waals surface area contributed by atoms with Gasteiger partial charge in [0, 0.05) is 0 Å². The van der Waals surface area contributed by atoms with Crippen molar-refractivity contribution in [2.75, 3.05) is 26.3 Å². The Labute approximate surface area is 119 Å². The molecule has 1 amide bonds. The average Bonchev–Trinajstić information content (AvgIpc) is 2.52. The summed E-state index contributed by atoms with van der Waals surface area (Å²) in [6.07, 6.45) is 2.04. The number of hydrogen-bond donors (Lipinski definition) is 3. The summed E-state index contributed by atoms with van der Waals surface area (Å²) in [5, 5.41) is 15.4. The van der Waals surface area contributed by atoms with Crippen molar-refractivity contribution in [3.05, 3.63) is 35.9 Å². The summed E-state index contributed by atoms with van der Waals surface area (Å²) in [5.41, 5.74) is 0.894. The zero-order chi connectivity index (χ0) is 14.2. The van der Waals surface area contributed by atoms with Crippen LogP contribution in [0, 0.1) is 0 Å². The van der Waals surface area contributed by atoms with Crippen molar-refractivity contribution in [1.82, 2.24) is 10.6 Å². The van der Waals surface area contributed by atoms with Gasteiger partial charge >= 0.3 is 0 Å². The second kappa shape index (κ2) is 7.99. The molecule has 1 fully saturated rings. The molecule has 110 valence electrons. The van der Waals surface area contributed by atoms with Gasteiger partial charge in [-0.1, -0.05) is 30.3 Å². The minimum absolute atomic E-state index is 0.0496. The molecule has 20 heavy (non-hydrogen) atoms. The van der Waals surface area contributed by atoms with Gasteiger partial charge in [-0.15, -0.1) is 0 Å². The first-order valence-corrected chi connectivity index (χ1v) is 7.07. The van der Waals surface area contributed by atoms with Gasteiger partial charge in [-0.3, -0.25) is 4.79 Å². The Bertz CT molecular complexity index is 405. The third-order valence-electron chi connectivity index (χ3n) is 3.46. The van der Waals surface area contributed by atoms with Crippen molar-refractivity contribution in [3.63, 3.8) is 0 Å². The molecule has 0 radical (unpaired) electrons. The Morgan fingerprint density at radius 1 is 1.35 bits per heavy atom. The van der Waals surface area contributed by atoms with E-state index in [1.54, 1.807) is 0 Å². The van der Waals surface area contributed by atoms with Gasteiger partial charge in [0.05, 0.1) is 18.8 Å². The van der Waals surface area contributed by atoms with Crippen LogP contribution in [0.2, 0.25) is 0 Å². The Kier molecular flexibility index (Phi) is 5.98. The number of hydrogen-bond acceptors (Lipinski definition) is 4. The molecule has 0 spiro atoms. The first-order chi connectivity index (χ1) is 9.79. The van der Waals surface area contributed by atoms with Crippen LogP contribution in [0.15, 0.2) is 30.3 Å². The van der Waals surface area contributed by atoms with Crippen LogP contribution >= 0.6 is 0 Å². The van der Waals surface area contributed by atoms with Gasteiger partial charge in [-0.05, 0) is 31.5 Å². The van der Waals surface area contributed by atoms with E-state index < -0.39 is 0 Å². The summed E-state index contributed by atoms with van der Waals surface area (Å²) < 4.78 is 5.59. The third kappa shape index (κ3) is 4.59. The minimum Gasteiger partial charge on any atom is -0.394 e. The maximum absolute atomic E-state index is 11.9. The van der Waals surface area contributed by atoms with E-state index in [4.69, 9.17) is 4.74 Å². The fourth-order valence-electron chi connectivity index (χ4n) is 2.31. The van der Waals surface area contributed by atoms with Crippen molar-refractivity contribution in [2.45, 2.75) is 25.0 Å². The third-order valence-corrected chi connectivity index (χ3v) is 3.46. The smallest absolute Gasteiger partial charge is 0.246 e. The number of aliphatic hydroxyl groups is 1. The number of amides is 1. The summed E-state index contributed by atoms with van der Waals surface area (Å²) in [5.74, 6) is -0.188. The van der Waals surface area contributed by atoms with Gasteiger partial charge < -0.3 is 20.5 Å². The van der Waals surface area contributed by atoms with Gasteiger partial charge in [0.1, 0.15) is 6.61 Å². The van der Waals surface area contributed by atoms with E-state index in [0.29, 0.717) is 0 Å². The Balaban J connectivity index is 1.77. The highest BCUT2D eigenvalue weighted by atomic mass is 16.5. The van der Waals surface area contributed by atoms with Gasteiger partial charge in [-0.2, -0.15) is 0 Å². The van der Waals surface area contributed by atoms with Crippen molar-refractivity contribution >= 4 is 5.91 Å². The highest BCUT2D eigenvalue weighted by Crippen LogP contribution is 2.12. The SMILES string of the molecule is O=C(COC1CCNCC1)NC(CO)c1ccccc1. The molecule has 0 aliphatic carbocycles. The molecule has 0 saturated carbocycles. The lowest BCUT2D eigenvalue weighted by molar-refractivity contribution is -0.129. The molecule has 0 bridgehead atoms. The summed E-state index contributed by atoms with van der Waals surface area (Å²) in [6.45, 7) is 1.81. The summed E-state index contributed by atoms with van der Waals surface area (Å²) in [4.78, 5) is 11.9. The Morgan fingerprint density at radius 3 is 2.70 bits per heavy atom. The lowest BCUT2D eigenvalue weighted by Crippen LogP contribution is -2.37. The van der Waals surface area contributed by atoms with E-state index in [-0.39, 0.29) is 31.3 Å². The van der Waals surface area contributed by atoms with Crippen molar-refractivity contribution in [1.29, 1.82) is 0 Å². The zero-order valence-corrected chi connectivity index (χ0v) is 11.5. The zero-order valence-electron chi connectivity index (χ0n) is 11.5. The van der Waals surface area contributed by atoms with Crippen LogP contribution in [0.4, 0.5) is 0 Å². The molecule has 1 aliphatic rings. The molecule has 2 rings (SSSR count). The van der Waals surface area contributed by atoms with Crippen molar-refractivity contribution in [2.24, 2.45) is 0 Å². The number of piperidine rings is 1.